The lowest BCUT2D eigenvalue weighted by Crippen LogP contribution is -2.47. The summed E-state index contributed by atoms with van der Waals surface area (Å²) in [4.78, 5) is -0.266. The molecule has 3 N–H and O–H groups in total. The van der Waals surface area contributed by atoms with Crippen molar-refractivity contribution < 1.29 is 21.6 Å². The van der Waals surface area contributed by atoms with E-state index in [0.717, 1.165) is 6.07 Å². The fourth-order valence-corrected chi connectivity index (χ4v) is 4.16. The van der Waals surface area contributed by atoms with Crippen molar-refractivity contribution >= 4 is 31.6 Å². The molecule has 0 heterocycles. The van der Waals surface area contributed by atoms with Gasteiger partial charge >= 0.3 is 6.18 Å². The predicted octanol–water partition coefficient (Wildman–Crippen LogP) is 2.40. The maximum atomic E-state index is 12.7. The van der Waals surface area contributed by atoms with Gasteiger partial charge in [-0.25, -0.2) is 8.42 Å². The van der Waals surface area contributed by atoms with Crippen LogP contribution in [-0.4, -0.2) is 20.1 Å². The minimum atomic E-state index is -4.60. The van der Waals surface area contributed by atoms with Gasteiger partial charge in [-0.15, -0.1) is 0 Å². The first-order valence-electron chi connectivity index (χ1n) is 5.23. The first-order chi connectivity index (χ1) is 8.57. The monoisotopic (exact) mass is 358 g/mol. The van der Waals surface area contributed by atoms with E-state index in [2.05, 4.69) is 15.9 Å². The number of hydrogen-bond donors (Lipinski definition) is 2. The minimum absolute atomic E-state index is 0.123. The van der Waals surface area contributed by atoms with Gasteiger partial charge in [-0.3, -0.25) is 0 Å². The highest BCUT2D eigenvalue weighted by atomic mass is 79.9. The van der Waals surface area contributed by atoms with Crippen LogP contribution in [0.25, 0.3) is 0 Å². The Labute approximate surface area is 116 Å². The SMILES string of the molecule is Nc1ccc(S(=O)(=O)NC2(C(F)(F)F)CC2)c(Br)c1. The third kappa shape index (κ3) is 2.72. The molecule has 9 heteroatoms. The molecule has 2 rings (SSSR count). The van der Waals surface area contributed by atoms with Crippen molar-refractivity contribution in [3.63, 3.8) is 0 Å². The van der Waals surface area contributed by atoms with Crippen LogP contribution in [0.15, 0.2) is 27.6 Å². The van der Waals surface area contributed by atoms with Crippen LogP contribution in [0.3, 0.4) is 0 Å². The number of rotatable bonds is 3. The molecule has 0 spiro atoms. The third-order valence-corrected chi connectivity index (χ3v) is 5.38. The lowest BCUT2D eigenvalue weighted by Gasteiger charge is -2.21. The standard InChI is InChI=1S/C10H10BrF3N2O2S/c11-7-5-6(15)1-2-8(7)19(17,18)16-9(3-4-9)10(12,13)14/h1-2,5,16H,3-4,15H2. The molecular formula is C10H10BrF3N2O2S. The number of anilines is 1. The number of benzene rings is 1. The Morgan fingerprint density at radius 3 is 2.32 bits per heavy atom. The van der Waals surface area contributed by atoms with E-state index < -0.39 is 21.7 Å². The number of hydrogen-bond acceptors (Lipinski definition) is 3. The van der Waals surface area contributed by atoms with E-state index in [9.17, 15) is 21.6 Å². The fraction of sp³-hybridized carbons (Fsp3) is 0.400. The summed E-state index contributed by atoms with van der Waals surface area (Å²) in [7, 11) is -4.26. The molecule has 1 saturated carbocycles. The molecule has 1 aliphatic carbocycles. The molecule has 1 fully saturated rings. The maximum absolute atomic E-state index is 12.7. The predicted molar refractivity (Wildman–Crippen MR) is 66.9 cm³/mol. The molecule has 0 atom stereocenters. The lowest BCUT2D eigenvalue weighted by atomic mass is 10.3. The van der Waals surface area contributed by atoms with E-state index in [0.29, 0.717) is 5.69 Å². The van der Waals surface area contributed by atoms with Crippen LogP contribution >= 0.6 is 15.9 Å². The van der Waals surface area contributed by atoms with Gasteiger partial charge in [0.15, 0.2) is 0 Å². The van der Waals surface area contributed by atoms with Gasteiger partial charge in [0.1, 0.15) is 5.54 Å². The smallest absolute Gasteiger partial charge is 0.399 e. The van der Waals surface area contributed by atoms with Gasteiger partial charge in [-0.1, -0.05) is 0 Å². The first kappa shape index (κ1) is 14.6. The number of nitrogens with one attached hydrogen (secondary N) is 1. The topological polar surface area (TPSA) is 72.2 Å². The van der Waals surface area contributed by atoms with Crippen LogP contribution in [-0.2, 0) is 10.0 Å². The number of nitrogens with two attached hydrogens (primary N) is 1. The number of sulfonamides is 1. The molecular weight excluding hydrogens is 349 g/mol. The molecule has 106 valence electrons. The minimum Gasteiger partial charge on any atom is -0.399 e. The number of nitrogen functional groups attached to an aromatic ring is 1. The van der Waals surface area contributed by atoms with Crippen LogP contribution in [0.1, 0.15) is 12.8 Å². The summed E-state index contributed by atoms with van der Waals surface area (Å²) in [6, 6.07) is 3.79. The van der Waals surface area contributed by atoms with Crippen LogP contribution in [0.4, 0.5) is 18.9 Å². The fourth-order valence-electron chi connectivity index (χ4n) is 1.62. The van der Waals surface area contributed by atoms with Crippen LogP contribution in [0, 0.1) is 0 Å². The molecule has 1 aliphatic rings. The van der Waals surface area contributed by atoms with Gasteiger partial charge in [0.25, 0.3) is 0 Å². The Morgan fingerprint density at radius 2 is 1.89 bits per heavy atom. The van der Waals surface area contributed by atoms with Crippen LogP contribution in [0.2, 0.25) is 0 Å². The quantitative estimate of drug-likeness (QED) is 0.815. The molecule has 0 radical (unpaired) electrons. The summed E-state index contributed by atoms with van der Waals surface area (Å²) < 4.78 is 64.1. The van der Waals surface area contributed by atoms with Crippen molar-refractivity contribution in [2.24, 2.45) is 0 Å². The van der Waals surface area contributed by atoms with Crippen molar-refractivity contribution in [3.05, 3.63) is 22.7 Å². The molecule has 0 aliphatic heterocycles. The largest absolute Gasteiger partial charge is 0.407 e. The Morgan fingerprint density at radius 1 is 1.32 bits per heavy atom. The van der Waals surface area contributed by atoms with Crippen LogP contribution in [0.5, 0.6) is 0 Å². The third-order valence-electron chi connectivity index (χ3n) is 2.87. The highest BCUT2D eigenvalue weighted by Crippen LogP contribution is 2.49. The van der Waals surface area contributed by atoms with E-state index >= 15 is 0 Å². The summed E-state index contributed by atoms with van der Waals surface area (Å²) in [5.74, 6) is 0. The summed E-state index contributed by atoms with van der Waals surface area (Å²) in [5.41, 5.74) is 3.44. The lowest BCUT2D eigenvalue weighted by molar-refractivity contribution is -0.160. The average molecular weight is 359 g/mol. The second-order valence-electron chi connectivity index (χ2n) is 4.38. The van der Waals surface area contributed by atoms with Crippen molar-refractivity contribution in [2.45, 2.75) is 29.5 Å². The van der Waals surface area contributed by atoms with Gasteiger partial charge in [0, 0.05) is 10.2 Å². The van der Waals surface area contributed by atoms with Crippen LogP contribution < -0.4 is 10.5 Å². The van der Waals surface area contributed by atoms with Crippen molar-refractivity contribution in [1.82, 2.24) is 4.72 Å². The molecule has 0 bridgehead atoms. The van der Waals surface area contributed by atoms with Crippen molar-refractivity contribution in [1.29, 1.82) is 0 Å². The molecule has 0 aromatic heterocycles. The zero-order valence-corrected chi connectivity index (χ0v) is 11.9. The van der Waals surface area contributed by atoms with E-state index in [4.69, 9.17) is 5.73 Å². The van der Waals surface area contributed by atoms with Crippen molar-refractivity contribution in [2.75, 3.05) is 5.73 Å². The van der Waals surface area contributed by atoms with Gasteiger partial charge in [0.05, 0.1) is 4.90 Å². The van der Waals surface area contributed by atoms with Crippen molar-refractivity contribution in [3.8, 4) is 0 Å². The van der Waals surface area contributed by atoms with E-state index in [1.54, 1.807) is 4.72 Å². The average Bonchev–Trinajstić information content (AvgIpc) is 2.96. The van der Waals surface area contributed by atoms with E-state index in [1.165, 1.54) is 12.1 Å². The summed E-state index contributed by atoms with van der Waals surface area (Å²) in [6.07, 6.45) is -5.09. The zero-order chi connectivity index (χ0) is 14.5. The second-order valence-corrected chi connectivity index (χ2v) is 6.88. The second kappa shape index (κ2) is 4.35. The molecule has 1 aromatic rings. The molecule has 0 amide bonds. The number of alkyl halides is 3. The molecule has 19 heavy (non-hydrogen) atoms. The summed E-state index contributed by atoms with van der Waals surface area (Å²) in [6.45, 7) is 0. The Kier molecular flexibility index (Phi) is 3.35. The Hall–Kier alpha value is -0.800. The number of halogens is 4. The van der Waals surface area contributed by atoms with Gasteiger partial charge < -0.3 is 5.73 Å². The Bertz CT molecular complexity index is 612. The van der Waals surface area contributed by atoms with Gasteiger partial charge in [-0.2, -0.15) is 17.9 Å². The maximum Gasteiger partial charge on any atom is 0.407 e. The molecule has 0 saturated heterocycles. The highest BCUT2D eigenvalue weighted by Gasteiger charge is 2.65. The molecule has 0 unspecified atom stereocenters. The highest BCUT2D eigenvalue weighted by molar-refractivity contribution is 9.10. The van der Waals surface area contributed by atoms with E-state index in [-0.39, 0.29) is 22.2 Å². The molecule has 4 nitrogen and oxygen atoms in total. The molecule has 1 aromatic carbocycles. The van der Waals surface area contributed by atoms with E-state index in [1.807, 2.05) is 0 Å². The van der Waals surface area contributed by atoms with Gasteiger partial charge in [-0.05, 0) is 47.0 Å². The first-order valence-corrected chi connectivity index (χ1v) is 7.51. The summed E-state index contributed by atoms with van der Waals surface area (Å²) in [5, 5.41) is 0. The normalized spacial score (nSPS) is 18.3. The van der Waals surface area contributed by atoms with Gasteiger partial charge in [0.2, 0.25) is 10.0 Å². The zero-order valence-electron chi connectivity index (χ0n) is 9.46. The Balaban J connectivity index is 2.34. The summed E-state index contributed by atoms with van der Waals surface area (Å²) >= 11 is 2.98.